The molecule has 2 aliphatic rings. The largest absolute Gasteiger partial charge is 0.496 e. The normalized spacial score (nSPS) is 20.3. The summed E-state index contributed by atoms with van der Waals surface area (Å²) in [7, 11) is 8.22. The Bertz CT molecular complexity index is 1210. The minimum atomic E-state index is -0.824. The third-order valence-electron chi connectivity index (χ3n) is 8.78. The first kappa shape index (κ1) is 31.8. The molecular weight excluding hydrogens is 530 g/mol. The molecule has 230 valence electrons. The lowest BCUT2D eigenvalue weighted by Crippen LogP contribution is -2.45. The van der Waals surface area contributed by atoms with Gasteiger partial charge < -0.3 is 24.0 Å². The third kappa shape index (κ3) is 8.04. The summed E-state index contributed by atoms with van der Waals surface area (Å²) in [5.74, 6) is 0.0119. The molecule has 1 saturated heterocycles. The first-order valence-corrected chi connectivity index (χ1v) is 15.5. The Morgan fingerprint density at radius 1 is 1.10 bits per heavy atom. The summed E-state index contributed by atoms with van der Waals surface area (Å²) in [6, 6.07) is 13.6. The van der Waals surface area contributed by atoms with E-state index >= 15 is 0 Å². The number of carboxylic acids is 1. The molecular formula is C34H50N3O5+. The van der Waals surface area contributed by atoms with Crippen LogP contribution in [0.25, 0.3) is 0 Å². The second kappa shape index (κ2) is 14.4. The standard InChI is InChI=1S/C34H49N3O5/c1-6-7-17-35(18-10-11-19-37(2,3)4)32(38)24-36-23-28(25-14-15-31-27(21-25)16-20-42-31)33(34(39)40)29(36)22-26-12-8-9-13-30(26)41-5/h8-9,12-15,21,28-29,33H,6-7,10-11,16-20,22-24H2,1-5H3/p+1/t28-,29+,33?/m1/s1. The van der Waals surface area contributed by atoms with Gasteiger partial charge in [0.05, 0.1) is 53.9 Å². The highest BCUT2D eigenvalue weighted by molar-refractivity contribution is 5.79. The van der Waals surface area contributed by atoms with Crippen molar-refractivity contribution in [1.29, 1.82) is 0 Å². The van der Waals surface area contributed by atoms with Gasteiger partial charge in [0.25, 0.3) is 0 Å². The zero-order valence-electron chi connectivity index (χ0n) is 26.2. The number of methoxy groups -OCH3 is 1. The highest BCUT2D eigenvalue weighted by Gasteiger charge is 2.47. The number of rotatable bonds is 15. The van der Waals surface area contributed by atoms with Crippen LogP contribution in [0.1, 0.15) is 55.2 Å². The molecule has 1 unspecified atom stereocenters. The number of amides is 1. The Morgan fingerprint density at radius 2 is 1.86 bits per heavy atom. The Labute approximate surface area is 251 Å². The first-order chi connectivity index (χ1) is 20.1. The highest BCUT2D eigenvalue weighted by atomic mass is 16.5. The molecule has 8 nitrogen and oxygen atoms in total. The number of fused-ring (bicyclic) bond motifs is 1. The van der Waals surface area contributed by atoms with E-state index in [-0.39, 0.29) is 24.4 Å². The van der Waals surface area contributed by atoms with Gasteiger partial charge >= 0.3 is 5.97 Å². The van der Waals surface area contributed by atoms with Crippen LogP contribution in [0.4, 0.5) is 0 Å². The van der Waals surface area contributed by atoms with Gasteiger partial charge in [0.2, 0.25) is 5.91 Å². The molecule has 2 heterocycles. The fourth-order valence-electron chi connectivity index (χ4n) is 6.49. The second-order valence-corrected chi connectivity index (χ2v) is 12.9. The van der Waals surface area contributed by atoms with Gasteiger partial charge in [-0.2, -0.15) is 0 Å². The minimum Gasteiger partial charge on any atom is -0.496 e. The lowest BCUT2D eigenvalue weighted by molar-refractivity contribution is -0.870. The summed E-state index contributed by atoms with van der Waals surface area (Å²) in [5.41, 5.74) is 3.10. The molecule has 8 heteroatoms. The van der Waals surface area contributed by atoms with Crippen LogP contribution in [0.5, 0.6) is 11.5 Å². The lowest BCUT2D eigenvalue weighted by atomic mass is 9.82. The van der Waals surface area contributed by atoms with Crippen molar-refractivity contribution < 1.29 is 28.7 Å². The summed E-state index contributed by atoms with van der Waals surface area (Å²) < 4.78 is 12.3. The number of hydrogen-bond donors (Lipinski definition) is 1. The van der Waals surface area contributed by atoms with E-state index in [1.807, 2.05) is 41.3 Å². The second-order valence-electron chi connectivity index (χ2n) is 12.9. The van der Waals surface area contributed by atoms with E-state index in [1.54, 1.807) is 7.11 Å². The number of unbranched alkanes of at least 4 members (excludes halogenated alkanes) is 2. The summed E-state index contributed by atoms with van der Waals surface area (Å²) >= 11 is 0. The van der Waals surface area contributed by atoms with Crippen molar-refractivity contribution in [2.75, 3.05) is 67.6 Å². The Kier molecular flexibility index (Phi) is 10.9. The Morgan fingerprint density at radius 3 is 2.57 bits per heavy atom. The van der Waals surface area contributed by atoms with Crippen LogP contribution >= 0.6 is 0 Å². The molecule has 0 radical (unpaired) electrons. The van der Waals surface area contributed by atoms with Gasteiger partial charge in [-0.3, -0.25) is 14.5 Å². The van der Waals surface area contributed by atoms with Crippen molar-refractivity contribution in [3.63, 3.8) is 0 Å². The van der Waals surface area contributed by atoms with Gasteiger partial charge in [-0.05, 0) is 54.5 Å². The molecule has 2 aromatic rings. The van der Waals surface area contributed by atoms with E-state index in [1.165, 1.54) is 0 Å². The van der Waals surface area contributed by atoms with Crippen molar-refractivity contribution in [1.82, 2.24) is 9.80 Å². The topological polar surface area (TPSA) is 79.3 Å². The number of ether oxygens (including phenoxy) is 2. The number of aliphatic carboxylic acids is 1. The monoisotopic (exact) mass is 580 g/mol. The van der Waals surface area contributed by atoms with E-state index in [2.05, 4.69) is 39.0 Å². The predicted octanol–water partition coefficient (Wildman–Crippen LogP) is 4.46. The molecule has 0 saturated carbocycles. The van der Waals surface area contributed by atoms with E-state index < -0.39 is 11.9 Å². The Balaban J connectivity index is 1.60. The van der Waals surface area contributed by atoms with Crippen molar-refractivity contribution in [3.8, 4) is 11.5 Å². The number of nitrogens with zero attached hydrogens (tertiary/aromatic N) is 3. The molecule has 3 atom stereocenters. The SMILES string of the molecule is CCCCN(CCCC[N+](C)(C)C)C(=O)CN1C[C@H](c2ccc3c(c2)CCO3)C(C(=O)O)[C@@H]1Cc1ccccc1OC. The number of benzene rings is 2. The van der Waals surface area contributed by atoms with Gasteiger partial charge in [-0.25, -0.2) is 0 Å². The first-order valence-electron chi connectivity index (χ1n) is 15.5. The molecule has 42 heavy (non-hydrogen) atoms. The predicted molar refractivity (Wildman–Crippen MR) is 165 cm³/mol. The molecule has 0 aliphatic carbocycles. The zero-order chi connectivity index (χ0) is 30.3. The van der Waals surface area contributed by atoms with E-state index in [4.69, 9.17) is 9.47 Å². The van der Waals surface area contributed by atoms with Crippen molar-refractivity contribution >= 4 is 11.9 Å². The zero-order valence-corrected chi connectivity index (χ0v) is 26.2. The van der Waals surface area contributed by atoms with Crippen molar-refractivity contribution in [3.05, 3.63) is 59.2 Å². The molecule has 0 spiro atoms. The fourth-order valence-corrected chi connectivity index (χ4v) is 6.49. The van der Waals surface area contributed by atoms with Crippen LogP contribution in [-0.4, -0.2) is 105 Å². The molecule has 1 N–H and O–H groups in total. The van der Waals surface area contributed by atoms with Crippen molar-refractivity contribution in [2.24, 2.45) is 5.92 Å². The van der Waals surface area contributed by atoms with Crippen LogP contribution in [0.3, 0.4) is 0 Å². The molecule has 0 bridgehead atoms. The number of carbonyl (C=O) groups excluding carboxylic acids is 1. The van der Waals surface area contributed by atoms with Gasteiger partial charge in [-0.1, -0.05) is 43.7 Å². The minimum absolute atomic E-state index is 0.0888. The van der Waals surface area contributed by atoms with Crippen LogP contribution < -0.4 is 9.47 Å². The van der Waals surface area contributed by atoms with E-state index in [0.29, 0.717) is 19.6 Å². The maximum atomic E-state index is 13.9. The van der Waals surface area contributed by atoms with Crippen LogP contribution in [0.2, 0.25) is 0 Å². The van der Waals surface area contributed by atoms with Gasteiger partial charge in [0.1, 0.15) is 11.5 Å². The molecule has 1 fully saturated rings. The number of para-hydroxylation sites is 1. The van der Waals surface area contributed by atoms with Gasteiger partial charge in [-0.15, -0.1) is 0 Å². The maximum absolute atomic E-state index is 13.9. The quantitative estimate of drug-likeness (QED) is 0.248. The number of likely N-dealkylation sites (tertiary alicyclic amines) is 1. The Hall–Kier alpha value is -3.10. The van der Waals surface area contributed by atoms with Crippen LogP contribution in [0, 0.1) is 5.92 Å². The van der Waals surface area contributed by atoms with Crippen molar-refractivity contribution in [2.45, 2.75) is 57.4 Å². The van der Waals surface area contributed by atoms with Gasteiger partial charge in [0.15, 0.2) is 0 Å². The summed E-state index contributed by atoms with van der Waals surface area (Å²) in [6.07, 6.45) is 5.34. The lowest BCUT2D eigenvalue weighted by Gasteiger charge is -2.30. The third-order valence-corrected chi connectivity index (χ3v) is 8.78. The molecule has 2 aromatic carbocycles. The van der Waals surface area contributed by atoms with Crippen LogP contribution in [0.15, 0.2) is 42.5 Å². The number of hydrogen-bond acceptors (Lipinski definition) is 5. The number of carbonyl (C=O) groups is 2. The maximum Gasteiger partial charge on any atom is 0.308 e. The fraction of sp³-hybridized carbons (Fsp3) is 0.588. The summed E-state index contributed by atoms with van der Waals surface area (Å²) in [6.45, 7) is 6.08. The van der Waals surface area contributed by atoms with Gasteiger partial charge in [0, 0.05) is 38.0 Å². The number of carboxylic acid groups (broad SMARTS) is 1. The summed E-state index contributed by atoms with van der Waals surface area (Å²) in [4.78, 5) is 31.0. The molecule has 2 aliphatic heterocycles. The smallest absolute Gasteiger partial charge is 0.308 e. The molecule has 0 aromatic heterocycles. The average molecular weight is 581 g/mol. The average Bonchev–Trinajstić information content (AvgIpc) is 3.56. The molecule has 4 rings (SSSR count). The van der Waals surface area contributed by atoms with E-state index in [0.717, 1.165) is 84.4 Å². The number of quaternary nitrogens is 1. The summed E-state index contributed by atoms with van der Waals surface area (Å²) in [5, 5.41) is 10.6. The molecule has 1 amide bonds. The van der Waals surface area contributed by atoms with E-state index in [9.17, 15) is 14.7 Å². The highest BCUT2D eigenvalue weighted by Crippen LogP contribution is 2.41. The van der Waals surface area contributed by atoms with Crippen LogP contribution in [-0.2, 0) is 22.4 Å².